The van der Waals surface area contributed by atoms with Crippen LogP contribution in [0.3, 0.4) is 0 Å². The van der Waals surface area contributed by atoms with E-state index in [1.54, 1.807) is 9.47 Å². The van der Waals surface area contributed by atoms with Gasteiger partial charge in [0.05, 0.1) is 18.8 Å². The number of aromatic nitrogens is 4. The zero-order chi connectivity index (χ0) is 27.9. The van der Waals surface area contributed by atoms with Crippen molar-refractivity contribution in [3.63, 3.8) is 0 Å². The van der Waals surface area contributed by atoms with Crippen molar-refractivity contribution >= 4 is 34.7 Å². The van der Waals surface area contributed by atoms with Gasteiger partial charge in [0.15, 0.2) is 17.3 Å². The summed E-state index contributed by atoms with van der Waals surface area (Å²) in [5.41, 5.74) is -1.37. The summed E-state index contributed by atoms with van der Waals surface area (Å²) in [6.45, 7) is 4.20. The van der Waals surface area contributed by atoms with Gasteiger partial charge < -0.3 is 25.7 Å². The first-order chi connectivity index (χ1) is 18.6. The van der Waals surface area contributed by atoms with E-state index in [1.807, 2.05) is 13.8 Å². The lowest BCUT2D eigenvalue weighted by Crippen LogP contribution is -2.53. The Hall–Kier alpha value is -3.45. The standard InChI is InChI=1S/C26H32F3N7O3/c1-14(2)31-24-30-12-20-22(34-24)36(25(32-20)33-21-18(28)10-15(27)11-19(21)29)16-5-7-26(39,8-6-16)23(38)35-9-3-4-17(35)13-37/h10-12,14,16-17,37,39H,3-9,13H2,1-2H3,(H,32,33)(H,30,31,34). The summed E-state index contributed by atoms with van der Waals surface area (Å²) in [4.78, 5) is 28.1. The zero-order valence-electron chi connectivity index (χ0n) is 21.8. The molecule has 0 radical (unpaired) electrons. The lowest BCUT2D eigenvalue weighted by atomic mass is 9.81. The number of aliphatic hydroxyl groups excluding tert-OH is 1. The number of rotatable bonds is 7. The van der Waals surface area contributed by atoms with E-state index >= 15 is 0 Å². The molecule has 3 aromatic rings. The van der Waals surface area contributed by atoms with E-state index in [4.69, 9.17) is 0 Å². The van der Waals surface area contributed by atoms with Gasteiger partial charge in [-0.25, -0.2) is 23.1 Å². The summed E-state index contributed by atoms with van der Waals surface area (Å²) >= 11 is 0. The summed E-state index contributed by atoms with van der Waals surface area (Å²) in [5, 5.41) is 26.7. The highest BCUT2D eigenvalue weighted by atomic mass is 19.1. The average Bonchev–Trinajstić information content (AvgIpc) is 3.50. The van der Waals surface area contributed by atoms with Gasteiger partial charge in [0.25, 0.3) is 5.91 Å². The van der Waals surface area contributed by atoms with Crippen LogP contribution in [0.15, 0.2) is 18.3 Å². The van der Waals surface area contributed by atoms with Crippen molar-refractivity contribution in [1.82, 2.24) is 24.4 Å². The Labute approximate surface area is 223 Å². The number of hydrogen-bond donors (Lipinski definition) is 4. The molecule has 1 aliphatic carbocycles. The molecule has 1 saturated carbocycles. The first kappa shape index (κ1) is 27.1. The molecular weight excluding hydrogens is 515 g/mol. The van der Waals surface area contributed by atoms with Crippen molar-refractivity contribution in [1.29, 1.82) is 0 Å². The van der Waals surface area contributed by atoms with Crippen LogP contribution in [0.4, 0.5) is 30.8 Å². The van der Waals surface area contributed by atoms with E-state index in [9.17, 15) is 28.2 Å². The molecule has 2 fully saturated rings. The largest absolute Gasteiger partial charge is 0.394 e. The number of benzene rings is 1. The van der Waals surface area contributed by atoms with E-state index < -0.39 is 28.7 Å². The van der Waals surface area contributed by atoms with Crippen molar-refractivity contribution in [2.75, 3.05) is 23.8 Å². The maximum Gasteiger partial charge on any atom is 0.254 e. The number of likely N-dealkylation sites (tertiary alicyclic amines) is 1. The Kier molecular flexibility index (Phi) is 7.38. The minimum Gasteiger partial charge on any atom is -0.394 e. The first-order valence-corrected chi connectivity index (χ1v) is 13.2. The predicted octanol–water partition coefficient (Wildman–Crippen LogP) is 3.64. The van der Waals surface area contributed by atoms with Gasteiger partial charge in [0.1, 0.15) is 22.6 Å². The molecule has 13 heteroatoms. The van der Waals surface area contributed by atoms with Gasteiger partial charge in [0, 0.05) is 30.8 Å². The number of amides is 1. The fourth-order valence-corrected chi connectivity index (χ4v) is 5.54. The molecule has 0 bridgehead atoms. The molecule has 5 rings (SSSR count). The summed E-state index contributed by atoms with van der Waals surface area (Å²) in [7, 11) is 0. The van der Waals surface area contributed by atoms with Gasteiger partial charge in [-0.1, -0.05) is 0 Å². The molecule has 4 N–H and O–H groups in total. The highest BCUT2D eigenvalue weighted by Gasteiger charge is 2.45. The Morgan fingerprint density at radius 3 is 2.49 bits per heavy atom. The molecule has 1 aromatic carbocycles. The smallest absolute Gasteiger partial charge is 0.254 e. The fourth-order valence-electron chi connectivity index (χ4n) is 5.54. The molecule has 210 valence electrons. The van der Waals surface area contributed by atoms with E-state index in [1.165, 1.54) is 6.20 Å². The molecular formula is C26H32F3N7O3. The maximum atomic E-state index is 14.5. The van der Waals surface area contributed by atoms with Gasteiger partial charge in [-0.05, 0) is 52.4 Å². The third kappa shape index (κ3) is 5.24. The molecule has 2 aliphatic rings. The molecule has 2 aromatic heterocycles. The van der Waals surface area contributed by atoms with Crippen molar-refractivity contribution in [3.8, 4) is 0 Å². The lowest BCUT2D eigenvalue weighted by Gasteiger charge is -2.39. The number of hydrogen-bond acceptors (Lipinski definition) is 8. The molecule has 1 aliphatic heterocycles. The number of halogens is 3. The van der Waals surface area contributed by atoms with Crippen LogP contribution in [-0.4, -0.2) is 71.4 Å². The maximum absolute atomic E-state index is 14.5. The monoisotopic (exact) mass is 547 g/mol. The van der Waals surface area contributed by atoms with E-state index in [-0.39, 0.29) is 49.4 Å². The number of nitrogens with one attached hydrogen (secondary N) is 2. The minimum absolute atomic E-state index is 0.0443. The summed E-state index contributed by atoms with van der Waals surface area (Å²) < 4.78 is 44.2. The predicted molar refractivity (Wildman–Crippen MR) is 138 cm³/mol. The van der Waals surface area contributed by atoms with Crippen LogP contribution in [0, 0.1) is 17.5 Å². The summed E-state index contributed by atoms with van der Waals surface area (Å²) in [6.07, 6.45) is 3.96. The van der Waals surface area contributed by atoms with Crippen molar-refractivity contribution in [2.24, 2.45) is 0 Å². The molecule has 1 amide bonds. The highest BCUT2D eigenvalue weighted by Crippen LogP contribution is 2.40. The van der Waals surface area contributed by atoms with E-state index in [2.05, 4.69) is 25.6 Å². The van der Waals surface area contributed by atoms with Crippen LogP contribution in [0.5, 0.6) is 0 Å². The number of aliphatic hydroxyl groups is 2. The van der Waals surface area contributed by atoms with Crippen LogP contribution in [0.25, 0.3) is 11.2 Å². The van der Waals surface area contributed by atoms with Crippen molar-refractivity contribution < 1.29 is 28.2 Å². The second-order valence-electron chi connectivity index (χ2n) is 10.6. The number of fused-ring (bicyclic) bond motifs is 1. The SMILES string of the molecule is CC(C)Nc1ncc2nc(Nc3c(F)cc(F)cc3F)n(C3CCC(O)(C(=O)N4CCCC4CO)CC3)c2n1. The number of carbonyl (C=O) groups excluding carboxylic acids is 1. The fraction of sp³-hybridized carbons (Fsp3) is 0.538. The van der Waals surface area contributed by atoms with Crippen molar-refractivity contribution in [3.05, 3.63) is 35.8 Å². The summed E-state index contributed by atoms with van der Waals surface area (Å²) in [5.74, 6) is -3.24. The molecule has 1 saturated heterocycles. The van der Waals surface area contributed by atoms with Gasteiger partial charge in [-0.15, -0.1) is 0 Å². The Bertz CT molecular complexity index is 1350. The number of nitrogens with zero attached hydrogens (tertiary/aromatic N) is 5. The van der Waals surface area contributed by atoms with Crippen LogP contribution >= 0.6 is 0 Å². The molecule has 0 spiro atoms. The van der Waals surface area contributed by atoms with Crippen LogP contribution in [0.1, 0.15) is 58.4 Å². The first-order valence-electron chi connectivity index (χ1n) is 13.2. The molecule has 3 heterocycles. The minimum atomic E-state index is -1.58. The van der Waals surface area contributed by atoms with Crippen LogP contribution in [0.2, 0.25) is 0 Å². The number of imidazole rings is 1. The number of anilines is 3. The molecule has 39 heavy (non-hydrogen) atoms. The molecule has 1 unspecified atom stereocenters. The van der Waals surface area contributed by atoms with Gasteiger partial charge >= 0.3 is 0 Å². The van der Waals surface area contributed by atoms with E-state index in [0.29, 0.717) is 55.1 Å². The zero-order valence-corrected chi connectivity index (χ0v) is 21.8. The van der Waals surface area contributed by atoms with Crippen LogP contribution in [-0.2, 0) is 4.79 Å². The Morgan fingerprint density at radius 2 is 1.85 bits per heavy atom. The van der Waals surface area contributed by atoms with Gasteiger partial charge in [-0.3, -0.25) is 9.36 Å². The normalized spacial score (nSPS) is 23.5. The van der Waals surface area contributed by atoms with E-state index in [0.717, 1.165) is 6.42 Å². The summed E-state index contributed by atoms with van der Waals surface area (Å²) in [6, 6.07) is 0.575. The Morgan fingerprint density at radius 1 is 1.15 bits per heavy atom. The number of carbonyl (C=O) groups is 1. The van der Waals surface area contributed by atoms with Gasteiger partial charge in [0.2, 0.25) is 11.9 Å². The molecule has 1 atom stereocenters. The van der Waals surface area contributed by atoms with Crippen molar-refractivity contribution in [2.45, 2.75) is 76.1 Å². The topological polar surface area (TPSA) is 128 Å². The third-order valence-corrected chi connectivity index (χ3v) is 7.49. The highest BCUT2D eigenvalue weighted by molar-refractivity contribution is 5.85. The quantitative estimate of drug-likeness (QED) is 0.353. The second kappa shape index (κ2) is 10.6. The van der Waals surface area contributed by atoms with Crippen LogP contribution < -0.4 is 10.6 Å². The lowest BCUT2D eigenvalue weighted by molar-refractivity contribution is -0.157. The molecule has 10 nitrogen and oxygen atoms in total. The van der Waals surface area contributed by atoms with Gasteiger partial charge in [-0.2, -0.15) is 4.98 Å². The Balaban J connectivity index is 1.48. The third-order valence-electron chi connectivity index (χ3n) is 7.49. The average molecular weight is 548 g/mol. The second-order valence-corrected chi connectivity index (χ2v) is 10.6.